The molecule has 8 nitrogen and oxygen atoms in total. The molecule has 28 heavy (non-hydrogen) atoms. The van der Waals surface area contributed by atoms with E-state index in [0.29, 0.717) is 11.4 Å². The summed E-state index contributed by atoms with van der Waals surface area (Å²) in [6.07, 6.45) is 0.987. The van der Waals surface area contributed by atoms with Crippen LogP contribution in [-0.2, 0) is 14.6 Å². The van der Waals surface area contributed by atoms with Crippen molar-refractivity contribution in [3.05, 3.63) is 52.1 Å². The van der Waals surface area contributed by atoms with E-state index in [1.807, 2.05) is 6.92 Å². The molecule has 0 fully saturated rings. The Morgan fingerprint density at radius 3 is 2.25 bits per heavy atom. The third-order valence-corrected chi connectivity index (χ3v) is 5.16. The Balaban J connectivity index is 2.42. The molecular weight excluding hydrogens is 382 g/mol. The smallest absolute Gasteiger partial charge is 0.270 e. The van der Waals surface area contributed by atoms with Crippen LogP contribution in [0.25, 0.3) is 0 Å². The minimum absolute atomic E-state index is 0.153. The van der Waals surface area contributed by atoms with Crippen molar-refractivity contribution < 1.29 is 18.1 Å². The number of aryl methyl sites for hydroxylation is 1. The maximum atomic E-state index is 12.3. The van der Waals surface area contributed by atoms with Crippen LogP contribution in [0.5, 0.6) is 0 Å². The summed E-state index contributed by atoms with van der Waals surface area (Å²) in [7, 11) is -3.70. The van der Waals surface area contributed by atoms with Crippen molar-refractivity contribution in [1.29, 1.82) is 0 Å². The summed E-state index contributed by atoms with van der Waals surface area (Å²) in [6.45, 7) is 7.24. The molecule has 0 aliphatic carbocycles. The summed E-state index contributed by atoms with van der Waals surface area (Å²) in [4.78, 5) is 22.4. The number of non-ortho nitro benzene ring substituents is 1. The minimum atomic E-state index is -3.70. The molecule has 150 valence electrons. The first-order valence-corrected chi connectivity index (χ1v) is 10.4. The molecule has 2 N–H and O–H groups in total. The fourth-order valence-electron chi connectivity index (χ4n) is 2.33. The number of amides is 1. The van der Waals surface area contributed by atoms with E-state index in [4.69, 9.17) is 0 Å². The zero-order valence-corrected chi connectivity index (χ0v) is 17.2. The Labute approximate surface area is 164 Å². The van der Waals surface area contributed by atoms with Gasteiger partial charge in [-0.3, -0.25) is 14.9 Å². The van der Waals surface area contributed by atoms with Gasteiger partial charge in [0, 0.05) is 35.2 Å². The van der Waals surface area contributed by atoms with Crippen LogP contribution in [-0.4, -0.2) is 25.5 Å². The molecule has 0 aliphatic rings. The van der Waals surface area contributed by atoms with E-state index in [1.54, 1.807) is 39.0 Å². The standard InChI is InChI=1S/C19H23N3O5S/c1-12-6-7-13(10-16(12)21-18(23)19(2,3)4)20-15-9-8-14(22(24)25)11-17(15)28(5,26)27/h6-11,20H,1-5H3,(H,21,23). The minimum Gasteiger partial charge on any atom is -0.354 e. The number of sulfone groups is 1. The largest absolute Gasteiger partial charge is 0.354 e. The number of carbonyl (C=O) groups excluding carboxylic acids is 1. The highest BCUT2D eigenvalue weighted by molar-refractivity contribution is 7.90. The SMILES string of the molecule is Cc1ccc(Nc2ccc([N+](=O)[O-])cc2S(C)(=O)=O)cc1NC(=O)C(C)(C)C. The second kappa shape index (κ2) is 7.59. The first kappa shape index (κ1) is 21.4. The number of hydrogen-bond acceptors (Lipinski definition) is 6. The van der Waals surface area contributed by atoms with E-state index in [9.17, 15) is 23.3 Å². The molecule has 2 rings (SSSR count). The monoisotopic (exact) mass is 405 g/mol. The molecule has 0 aromatic heterocycles. The fraction of sp³-hybridized carbons (Fsp3) is 0.316. The van der Waals surface area contributed by atoms with Gasteiger partial charge in [-0.1, -0.05) is 26.8 Å². The molecule has 2 aromatic carbocycles. The molecule has 0 aliphatic heterocycles. The molecule has 0 bridgehead atoms. The van der Waals surface area contributed by atoms with Gasteiger partial charge in [-0.25, -0.2) is 8.42 Å². The number of rotatable bonds is 5. The Kier molecular flexibility index (Phi) is 5.79. The number of nitro groups is 1. The molecule has 2 aromatic rings. The summed E-state index contributed by atoms with van der Waals surface area (Å²) in [5.74, 6) is -0.153. The van der Waals surface area contributed by atoms with E-state index < -0.39 is 20.2 Å². The predicted octanol–water partition coefficient (Wildman–Crippen LogP) is 4.03. The quantitative estimate of drug-likeness (QED) is 0.572. The first-order valence-electron chi connectivity index (χ1n) is 8.46. The number of benzene rings is 2. The van der Waals surface area contributed by atoms with Crippen LogP contribution in [0, 0.1) is 22.5 Å². The summed E-state index contributed by atoms with van der Waals surface area (Å²) < 4.78 is 24.2. The second-order valence-electron chi connectivity index (χ2n) is 7.57. The lowest BCUT2D eigenvalue weighted by molar-refractivity contribution is -0.385. The van der Waals surface area contributed by atoms with Crippen LogP contribution < -0.4 is 10.6 Å². The Bertz CT molecular complexity index is 1040. The van der Waals surface area contributed by atoms with Gasteiger partial charge in [0.25, 0.3) is 5.69 Å². The van der Waals surface area contributed by atoms with Crippen LogP contribution in [0.2, 0.25) is 0 Å². The highest BCUT2D eigenvalue weighted by Gasteiger charge is 2.22. The predicted molar refractivity (Wildman–Crippen MR) is 109 cm³/mol. The summed E-state index contributed by atoms with van der Waals surface area (Å²) in [5, 5.41) is 16.8. The average Bonchev–Trinajstić information content (AvgIpc) is 2.56. The number of nitrogens with one attached hydrogen (secondary N) is 2. The van der Waals surface area contributed by atoms with Crippen molar-refractivity contribution >= 4 is 38.5 Å². The highest BCUT2D eigenvalue weighted by Crippen LogP contribution is 2.31. The van der Waals surface area contributed by atoms with Gasteiger partial charge in [0.2, 0.25) is 5.91 Å². The van der Waals surface area contributed by atoms with Crippen LogP contribution in [0.15, 0.2) is 41.3 Å². The van der Waals surface area contributed by atoms with Gasteiger partial charge in [-0.15, -0.1) is 0 Å². The Morgan fingerprint density at radius 2 is 1.71 bits per heavy atom. The molecule has 0 spiro atoms. The molecule has 0 atom stereocenters. The van der Waals surface area contributed by atoms with Crippen molar-refractivity contribution in [2.75, 3.05) is 16.9 Å². The van der Waals surface area contributed by atoms with Gasteiger partial charge in [-0.05, 0) is 30.7 Å². The third kappa shape index (κ3) is 5.07. The molecular formula is C19H23N3O5S. The number of carbonyl (C=O) groups is 1. The van der Waals surface area contributed by atoms with Crippen molar-refractivity contribution in [2.45, 2.75) is 32.6 Å². The lowest BCUT2D eigenvalue weighted by Gasteiger charge is -2.19. The fourth-order valence-corrected chi connectivity index (χ4v) is 3.19. The van der Waals surface area contributed by atoms with Crippen molar-refractivity contribution in [2.24, 2.45) is 5.41 Å². The van der Waals surface area contributed by atoms with E-state index in [1.165, 1.54) is 12.1 Å². The zero-order valence-electron chi connectivity index (χ0n) is 16.4. The average molecular weight is 405 g/mol. The van der Waals surface area contributed by atoms with E-state index >= 15 is 0 Å². The highest BCUT2D eigenvalue weighted by atomic mass is 32.2. The van der Waals surface area contributed by atoms with Crippen LogP contribution in [0.4, 0.5) is 22.7 Å². The van der Waals surface area contributed by atoms with Crippen LogP contribution >= 0.6 is 0 Å². The van der Waals surface area contributed by atoms with Crippen molar-refractivity contribution in [1.82, 2.24) is 0 Å². The van der Waals surface area contributed by atoms with Gasteiger partial charge in [0.05, 0.1) is 15.5 Å². The number of hydrogen-bond donors (Lipinski definition) is 2. The first-order chi connectivity index (χ1) is 12.8. The summed E-state index contributed by atoms with van der Waals surface area (Å²) in [6, 6.07) is 8.80. The maximum Gasteiger partial charge on any atom is 0.270 e. The van der Waals surface area contributed by atoms with Gasteiger partial charge in [0.15, 0.2) is 9.84 Å². The van der Waals surface area contributed by atoms with Gasteiger partial charge >= 0.3 is 0 Å². The zero-order chi connectivity index (χ0) is 21.3. The topological polar surface area (TPSA) is 118 Å². The third-order valence-electron chi connectivity index (χ3n) is 4.02. The normalized spacial score (nSPS) is 11.8. The molecule has 0 unspecified atom stereocenters. The summed E-state index contributed by atoms with van der Waals surface area (Å²) in [5.41, 5.74) is 1.30. The maximum absolute atomic E-state index is 12.3. The molecule has 1 amide bonds. The molecule has 9 heteroatoms. The number of nitro benzene ring substituents is 1. The van der Waals surface area contributed by atoms with Crippen molar-refractivity contribution in [3.63, 3.8) is 0 Å². The molecule has 0 radical (unpaired) electrons. The molecule has 0 saturated carbocycles. The summed E-state index contributed by atoms with van der Waals surface area (Å²) >= 11 is 0. The van der Waals surface area contributed by atoms with E-state index in [0.717, 1.165) is 17.9 Å². The van der Waals surface area contributed by atoms with Crippen LogP contribution in [0.3, 0.4) is 0 Å². The van der Waals surface area contributed by atoms with E-state index in [-0.39, 0.29) is 22.2 Å². The van der Waals surface area contributed by atoms with Gasteiger partial charge < -0.3 is 10.6 Å². The Hall–Kier alpha value is -2.94. The number of nitrogens with zero attached hydrogens (tertiary/aromatic N) is 1. The lowest BCUT2D eigenvalue weighted by atomic mass is 9.95. The molecule has 0 saturated heterocycles. The van der Waals surface area contributed by atoms with Crippen LogP contribution in [0.1, 0.15) is 26.3 Å². The van der Waals surface area contributed by atoms with Gasteiger partial charge in [0.1, 0.15) is 0 Å². The van der Waals surface area contributed by atoms with E-state index in [2.05, 4.69) is 10.6 Å². The van der Waals surface area contributed by atoms with Crippen molar-refractivity contribution in [3.8, 4) is 0 Å². The lowest BCUT2D eigenvalue weighted by Crippen LogP contribution is -2.27. The second-order valence-corrected chi connectivity index (χ2v) is 9.55. The number of anilines is 3. The van der Waals surface area contributed by atoms with Gasteiger partial charge in [-0.2, -0.15) is 0 Å². The Morgan fingerprint density at radius 1 is 1.07 bits per heavy atom. The molecule has 0 heterocycles.